The third kappa shape index (κ3) is 7.49. The van der Waals surface area contributed by atoms with Crippen LogP contribution >= 0.6 is 0 Å². The Balaban J connectivity index is 2.29. The van der Waals surface area contributed by atoms with Crippen molar-refractivity contribution in [3.05, 3.63) is 12.2 Å². The van der Waals surface area contributed by atoms with Gasteiger partial charge in [-0.25, -0.2) is 4.79 Å². The van der Waals surface area contributed by atoms with Gasteiger partial charge in [-0.3, -0.25) is 0 Å². The number of rotatable bonds is 0. The molecule has 104 valence electrons. The van der Waals surface area contributed by atoms with Crippen LogP contribution in [-0.2, 0) is 14.3 Å². The summed E-state index contributed by atoms with van der Waals surface area (Å²) in [5, 5.41) is 0. The number of ether oxygens (including phenoxy) is 2. The average molecular weight is 254 g/mol. The number of esters is 1. The topological polar surface area (TPSA) is 35.5 Å². The van der Waals surface area contributed by atoms with E-state index in [-0.39, 0.29) is 5.97 Å². The Morgan fingerprint density at radius 2 is 1.67 bits per heavy atom. The van der Waals surface area contributed by atoms with Gasteiger partial charge in [0.15, 0.2) is 6.10 Å². The van der Waals surface area contributed by atoms with Crippen LogP contribution in [0.15, 0.2) is 12.2 Å². The van der Waals surface area contributed by atoms with Crippen LogP contribution in [0.5, 0.6) is 0 Å². The molecule has 18 heavy (non-hydrogen) atoms. The van der Waals surface area contributed by atoms with Gasteiger partial charge in [-0.15, -0.1) is 0 Å². The van der Waals surface area contributed by atoms with Crippen LogP contribution < -0.4 is 0 Å². The molecule has 0 aromatic rings. The smallest absolute Gasteiger partial charge is 0.334 e. The summed E-state index contributed by atoms with van der Waals surface area (Å²) in [6, 6.07) is 0. The van der Waals surface area contributed by atoms with Gasteiger partial charge in [0, 0.05) is 0 Å². The molecule has 0 bridgehead atoms. The number of allylic oxidation sites excluding steroid dienone is 1. The van der Waals surface area contributed by atoms with Crippen molar-refractivity contribution < 1.29 is 14.3 Å². The zero-order chi connectivity index (χ0) is 13.1. The molecule has 0 radical (unpaired) electrons. The van der Waals surface area contributed by atoms with Crippen molar-refractivity contribution in [2.45, 2.75) is 64.4 Å². The monoisotopic (exact) mass is 254 g/mol. The van der Waals surface area contributed by atoms with E-state index in [9.17, 15) is 4.79 Å². The van der Waals surface area contributed by atoms with Gasteiger partial charge in [0.25, 0.3) is 0 Å². The van der Waals surface area contributed by atoms with Crippen molar-refractivity contribution in [1.29, 1.82) is 0 Å². The summed E-state index contributed by atoms with van der Waals surface area (Å²) in [6.45, 7) is 2.78. The summed E-state index contributed by atoms with van der Waals surface area (Å²) in [5.41, 5.74) is 0. The molecule has 0 unspecified atom stereocenters. The first-order valence-electron chi connectivity index (χ1n) is 7.24. The van der Waals surface area contributed by atoms with Crippen LogP contribution in [0.3, 0.4) is 0 Å². The largest absolute Gasteiger partial charge is 0.464 e. The highest BCUT2D eigenvalue weighted by molar-refractivity contribution is 5.74. The van der Waals surface area contributed by atoms with Gasteiger partial charge in [0.05, 0.1) is 13.2 Å². The Morgan fingerprint density at radius 3 is 2.44 bits per heavy atom. The first-order valence-corrected chi connectivity index (χ1v) is 7.24. The lowest BCUT2D eigenvalue weighted by molar-refractivity contribution is -0.155. The molecule has 1 atom stereocenters. The van der Waals surface area contributed by atoms with E-state index < -0.39 is 6.10 Å². The summed E-state index contributed by atoms with van der Waals surface area (Å²) in [7, 11) is 0. The Morgan fingerprint density at radius 1 is 1.00 bits per heavy atom. The highest BCUT2D eigenvalue weighted by atomic mass is 16.6. The van der Waals surface area contributed by atoms with Crippen molar-refractivity contribution in [2.24, 2.45) is 0 Å². The SMILES string of the molecule is C[C@@H]1OC/C=C\CCCCCCCCCOC1=O. The third-order valence-corrected chi connectivity index (χ3v) is 3.20. The van der Waals surface area contributed by atoms with E-state index in [1.807, 2.05) is 6.08 Å². The van der Waals surface area contributed by atoms with E-state index in [0.717, 1.165) is 19.3 Å². The Kier molecular flexibility index (Phi) is 8.57. The fourth-order valence-electron chi connectivity index (χ4n) is 1.99. The minimum absolute atomic E-state index is 0.240. The molecule has 1 heterocycles. The summed E-state index contributed by atoms with van der Waals surface area (Å²) in [5.74, 6) is -0.240. The Labute approximate surface area is 111 Å². The second-order valence-electron chi connectivity index (χ2n) is 4.88. The molecule has 0 fully saturated rings. The lowest BCUT2D eigenvalue weighted by atomic mass is 10.1. The number of carbonyl (C=O) groups is 1. The molecule has 0 aromatic carbocycles. The summed E-state index contributed by atoms with van der Waals surface area (Å²) >= 11 is 0. The normalized spacial score (nSPS) is 27.4. The van der Waals surface area contributed by atoms with Gasteiger partial charge in [-0.05, 0) is 26.2 Å². The lowest BCUT2D eigenvalue weighted by Gasteiger charge is -2.11. The first kappa shape index (κ1) is 15.2. The lowest BCUT2D eigenvalue weighted by Crippen LogP contribution is -2.23. The van der Waals surface area contributed by atoms with Gasteiger partial charge in [-0.2, -0.15) is 0 Å². The van der Waals surface area contributed by atoms with Crippen LogP contribution in [0.25, 0.3) is 0 Å². The van der Waals surface area contributed by atoms with E-state index in [1.54, 1.807) is 6.92 Å². The van der Waals surface area contributed by atoms with Crippen molar-refractivity contribution in [3.63, 3.8) is 0 Å². The highest BCUT2D eigenvalue weighted by Gasteiger charge is 2.13. The molecule has 0 aromatic heterocycles. The summed E-state index contributed by atoms with van der Waals surface area (Å²) < 4.78 is 10.6. The van der Waals surface area contributed by atoms with E-state index >= 15 is 0 Å². The molecule has 3 heteroatoms. The fourth-order valence-corrected chi connectivity index (χ4v) is 1.99. The van der Waals surface area contributed by atoms with Crippen LogP contribution in [-0.4, -0.2) is 25.3 Å². The maximum absolute atomic E-state index is 11.5. The van der Waals surface area contributed by atoms with Crippen molar-refractivity contribution in [1.82, 2.24) is 0 Å². The first-order chi connectivity index (χ1) is 8.80. The molecule has 3 nitrogen and oxygen atoms in total. The van der Waals surface area contributed by atoms with Crippen LogP contribution in [0.2, 0.25) is 0 Å². The standard InChI is InChI=1S/C15H26O3/c1-14-15(16)18-13-11-9-7-5-3-2-4-6-8-10-12-17-14/h8,10,14H,2-7,9,11-13H2,1H3/b10-8-/t14-/m0/s1. The second-order valence-corrected chi connectivity index (χ2v) is 4.88. The molecule has 0 aliphatic carbocycles. The zero-order valence-corrected chi connectivity index (χ0v) is 11.5. The Hall–Kier alpha value is -0.830. The zero-order valence-electron chi connectivity index (χ0n) is 11.5. The predicted octanol–water partition coefficient (Wildman–Crippen LogP) is 3.63. The number of carbonyl (C=O) groups excluding carboxylic acids is 1. The predicted molar refractivity (Wildman–Crippen MR) is 72.4 cm³/mol. The van der Waals surface area contributed by atoms with Gasteiger partial charge >= 0.3 is 5.97 Å². The fraction of sp³-hybridized carbons (Fsp3) is 0.800. The van der Waals surface area contributed by atoms with E-state index in [1.165, 1.54) is 32.1 Å². The molecule has 0 amide bonds. The van der Waals surface area contributed by atoms with Crippen molar-refractivity contribution in [2.75, 3.05) is 13.2 Å². The molecule has 0 saturated carbocycles. The van der Waals surface area contributed by atoms with Gasteiger partial charge in [0.2, 0.25) is 0 Å². The van der Waals surface area contributed by atoms with Crippen LogP contribution in [0.1, 0.15) is 58.3 Å². The number of hydrogen-bond acceptors (Lipinski definition) is 3. The minimum Gasteiger partial charge on any atom is -0.464 e. The third-order valence-electron chi connectivity index (χ3n) is 3.20. The molecule has 0 N–H and O–H groups in total. The summed E-state index contributed by atoms with van der Waals surface area (Å²) in [6.07, 6.45) is 13.4. The van der Waals surface area contributed by atoms with Crippen molar-refractivity contribution >= 4 is 5.97 Å². The average Bonchev–Trinajstić information content (AvgIpc) is 2.37. The minimum atomic E-state index is -0.456. The van der Waals surface area contributed by atoms with E-state index in [2.05, 4.69) is 6.08 Å². The molecule has 1 rings (SSSR count). The van der Waals surface area contributed by atoms with Gasteiger partial charge < -0.3 is 9.47 Å². The Bertz CT molecular complexity index is 248. The van der Waals surface area contributed by atoms with E-state index in [4.69, 9.17) is 9.47 Å². The van der Waals surface area contributed by atoms with Gasteiger partial charge in [-0.1, -0.05) is 44.3 Å². The maximum Gasteiger partial charge on any atom is 0.334 e. The molecular formula is C15H26O3. The maximum atomic E-state index is 11.5. The second kappa shape index (κ2) is 10.1. The van der Waals surface area contributed by atoms with E-state index in [0.29, 0.717) is 13.2 Å². The molecule has 1 aliphatic heterocycles. The molecule has 0 saturated heterocycles. The number of hydrogen-bond donors (Lipinski definition) is 0. The van der Waals surface area contributed by atoms with Crippen LogP contribution in [0.4, 0.5) is 0 Å². The quantitative estimate of drug-likeness (QED) is 0.489. The number of cyclic esters (lactones) is 1. The molecule has 1 aliphatic rings. The van der Waals surface area contributed by atoms with Crippen LogP contribution in [0, 0.1) is 0 Å². The van der Waals surface area contributed by atoms with Crippen molar-refractivity contribution in [3.8, 4) is 0 Å². The van der Waals surface area contributed by atoms with Gasteiger partial charge in [0.1, 0.15) is 0 Å². The molecule has 0 spiro atoms. The molecular weight excluding hydrogens is 228 g/mol. The highest BCUT2D eigenvalue weighted by Crippen LogP contribution is 2.09. The summed E-state index contributed by atoms with van der Waals surface area (Å²) in [4.78, 5) is 11.5.